The highest BCUT2D eigenvalue weighted by Crippen LogP contribution is 2.18. The van der Waals surface area contributed by atoms with Gasteiger partial charge >= 0.3 is 5.69 Å². The highest BCUT2D eigenvalue weighted by Gasteiger charge is 2.22. The summed E-state index contributed by atoms with van der Waals surface area (Å²) in [5.74, 6) is 0.254. The Labute approximate surface area is 148 Å². The predicted octanol–water partition coefficient (Wildman–Crippen LogP) is 0.411. The standard InChI is InChI=1S/C16H21N7O3/c1-9(2)23-11(6-7-18-23)19-14(24)10(3)22-8-17-13-12(22)15(25)21(5)16(26)20(13)4/h6-10H,1-5H3,(H,19,24). The number of anilines is 1. The fourth-order valence-corrected chi connectivity index (χ4v) is 2.84. The lowest BCUT2D eigenvalue weighted by Crippen LogP contribution is -2.38. The molecule has 26 heavy (non-hydrogen) atoms. The van der Waals surface area contributed by atoms with E-state index in [1.165, 1.54) is 29.6 Å². The van der Waals surface area contributed by atoms with Crippen molar-refractivity contribution in [2.45, 2.75) is 32.9 Å². The van der Waals surface area contributed by atoms with E-state index in [0.717, 1.165) is 4.57 Å². The van der Waals surface area contributed by atoms with Crippen LogP contribution in [-0.4, -0.2) is 34.4 Å². The Bertz CT molecular complexity index is 1100. The van der Waals surface area contributed by atoms with Crippen molar-refractivity contribution >= 4 is 22.9 Å². The highest BCUT2D eigenvalue weighted by molar-refractivity contribution is 5.93. The van der Waals surface area contributed by atoms with Gasteiger partial charge in [-0.3, -0.25) is 18.7 Å². The summed E-state index contributed by atoms with van der Waals surface area (Å²) in [6.45, 7) is 5.58. The number of nitrogens with one attached hydrogen (secondary N) is 1. The van der Waals surface area contributed by atoms with E-state index in [9.17, 15) is 14.4 Å². The van der Waals surface area contributed by atoms with Crippen molar-refractivity contribution in [1.82, 2.24) is 28.5 Å². The Balaban J connectivity index is 2.01. The first-order valence-electron chi connectivity index (χ1n) is 8.21. The largest absolute Gasteiger partial charge is 0.332 e. The van der Waals surface area contributed by atoms with E-state index in [1.54, 1.807) is 23.9 Å². The molecule has 0 spiro atoms. The molecule has 10 nitrogen and oxygen atoms in total. The van der Waals surface area contributed by atoms with Gasteiger partial charge in [0, 0.05) is 26.2 Å². The number of amides is 1. The molecule has 0 fully saturated rings. The molecule has 0 saturated carbocycles. The monoisotopic (exact) mass is 359 g/mol. The molecule has 0 saturated heterocycles. The number of fused-ring (bicyclic) bond motifs is 1. The maximum Gasteiger partial charge on any atom is 0.332 e. The van der Waals surface area contributed by atoms with Crippen molar-refractivity contribution in [1.29, 1.82) is 0 Å². The molecule has 0 aliphatic rings. The molecule has 0 aromatic carbocycles. The summed E-state index contributed by atoms with van der Waals surface area (Å²) in [6, 6.07) is 1.09. The minimum atomic E-state index is -0.708. The van der Waals surface area contributed by atoms with Crippen LogP contribution in [0, 0.1) is 0 Å². The summed E-state index contributed by atoms with van der Waals surface area (Å²) in [7, 11) is 2.93. The van der Waals surface area contributed by atoms with Gasteiger partial charge in [-0.25, -0.2) is 14.5 Å². The second-order valence-electron chi connectivity index (χ2n) is 6.45. The Morgan fingerprint density at radius 1 is 1.15 bits per heavy atom. The minimum absolute atomic E-state index is 0.0894. The fourth-order valence-electron chi connectivity index (χ4n) is 2.84. The third-order valence-corrected chi connectivity index (χ3v) is 4.38. The van der Waals surface area contributed by atoms with E-state index in [1.807, 2.05) is 13.8 Å². The van der Waals surface area contributed by atoms with Gasteiger partial charge in [-0.05, 0) is 20.8 Å². The van der Waals surface area contributed by atoms with Crippen LogP contribution in [0.15, 0.2) is 28.2 Å². The lowest BCUT2D eigenvalue weighted by molar-refractivity contribution is -0.118. The molecule has 0 aliphatic carbocycles. The van der Waals surface area contributed by atoms with Crippen molar-refractivity contribution in [2.75, 3.05) is 5.32 Å². The van der Waals surface area contributed by atoms with E-state index < -0.39 is 17.3 Å². The molecule has 3 aromatic rings. The van der Waals surface area contributed by atoms with Crippen LogP contribution >= 0.6 is 0 Å². The lowest BCUT2D eigenvalue weighted by Gasteiger charge is -2.16. The van der Waals surface area contributed by atoms with Gasteiger partial charge in [0.15, 0.2) is 11.2 Å². The summed E-state index contributed by atoms with van der Waals surface area (Å²) in [5, 5.41) is 7.00. The maximum absolute atomic E-state index is 12.7. The average Bonchev–Trinajstić information content (AvgIpc) is 3.24. The molecular weight excluding hydrogens is 338 g/mol. The number of aryl methyl sites for hydroxylation is 1. The number of rotatable bonds is 4. The quantitative estimate of drug-likeness (QED) is 0.726. The van der Waals surface area contributed by atoms with Crippen LogP contribution in [0.25, 0.3) is 11.2 Å². The Morgan fingerprint density at radius 2 is 1.85 bits per heavy atom. The summed E-state index contributed by atoms with van der Waals surface area (Å²) in [5.41, 5.74) is -0.516. The molecule has 1 amide bonds. The molecule has 1 unspecified atom stereocenters. The van der Waals surface area contributed by atoms with Gasteiger partial charge in [0.2, 0.25) is 5.91 Å². The van der Waals surface area contributed by atoms with Crippen molar-refractivity contribution in [3.8, 4) is 0 Å². The van der Waals surface area contributed by atoms with Gasteiger partial charge in [0.1, 0.15) is 11.9 Å². The average molecular weight is 359 g/mol. The molecule has 0 aliphatic heterocycles. The van der Waals surface area contributed by atoms with Gasteiger partial charge in [-0.1, -0.05) is 0 Å². The van der Waals surface area contributed by atoms with Crippen LogP contribution in [0.3, 0.4) is 0 Å². The summed E-state index contributed by atoms with van der Waals surface area (Å²) in [6.07, 6.45) is 3.01. The summed E-state index contributed by atoms with van der Waals surface area (Å²) >= 11 is 0. The molecule has 0 radical (unpaired) electrons. The third-order valence-electron chi connectivity index (χ3n) is 4.38. The second-order valence-corrected chi connectivity index (χ2v) is 6.45. The number of aromatic nitrogens is 6. The molecular formula is C16H21N7O3. The first-order valence-corrected chi connectivity index (χ1v) is 8.21. The molecule has 3 rings (SSSR count). The van der Waals surface area contributed by atoms with Crippen LogP contribution in [0.4, 0.5) is 5.82 Å². The zero-order valence-electron chi connectivity index (χ0n) is 15.3. The Morgan fingerprint density at radius 3 is 2.50 bits per heavy atom. The number of carbonyl (C=O) groups is 1. The van der Waals surface area contributed by atoms with Crippen LogP contribution in [-0.2, 0) is 18.9 Å². The maximum atomic E-state index is 12.7. The Kier molecular flexibility index (Phi) is 4.26. The Hall–Kier alpha value is -3.17. The minimum Gasteiger partial charge on any atom is -0.312 e. The van der Waals surface area contributed by atoms with Crippen molar-refractivity contribution in [2.24, 2.45) is 14.1 Å². The van der Waals surface area contributed by atoms with Gasteiger partial charge in [-0.2, -0.15) is 5.10 Å². The molecule has 1 atom stereocenters. The molecule has 138 valence electrons. The smallest absolute Gasteiger partial charge is 0.312 e. The third kappa shape index (κ3) is 2.63. The first kappa shape index (κ1) is 17.6. The molecule has 3 heterocycles. The fraction of sp³-hybridized carbons (Fsp3) is 0.438. The zero-order chi connectivity index (χ0) is 19.2. The topological polar surface area (TPSA) is 109 Å². The number of imidazole rings is 1. The van der Waals surface area contributed by atoms with Crippen molar-refractivity contribution < 1.29 is 4.79 Å². The zero-order valence-corrected chi connectivity index (χ0v) is 15.3. The van der Waals surface area contributed by atoms with E-state index in [-0.39, 0.29) is 23.1 Å². The van der Waals surface area contributed by atoms with Gasteiger partial charge in [-0.15, -0.1) is 0 Å². The van der Waals surface area contributed by atoms with E-state index >= 15 is 0 Å². The normalized spacial score (nSPS) is 12.7. The van der Waals surface area contributed by atoms with E-state index in [2.05, 4.69) is 15.4 Å². The summed E-state index contributed by atoms with van der Waals surface area (Å²) in [4.78, 5) is 41.4. The molecule has 3 aromatic heterocycles. The SMILES string of the molecule is CC(C)n1nccc1NC(=O)C(C)n1cnc2c1c(=O)n(C)c(=O)n2C. The predicted molar refractivity (Wildman–Crippen MR) is 96.2 cm³/mol. The molecule has 10 heteroatoms. The number of hydrogen-bond acceptors (Lipinski definition) is 5. The van der Waals surface area contributed by atoms with E-state index in [4.69, 9.17) is 0 Å². The first-order chi connectivity index (χ1) is 12.2. The van der Waals surface area contributed by atoms with Gasteiger partial charge in [0.05, 0.1) is 12.5 Å². The van der Waals surface area contributed by atoms with Crippen LogP contribution in [0.5, 0.6) is 0 Å². The number of carbonyl (C=O) groups excluding carboxylic acids is 1. The molecule has 1 N–H and O–H groups in total. The van der Waals surface area contributed by atoms with Crippen LogP contribution in [0.2, 0.25) is 0 Å². The van der Waals surface area contributed by atoms with Crippen LogP contribution in [0.1, 0.15) is 32.9 Å². The summed E-state index contributed by atoms with van der Waals surface area (Å²) < 4.78 is 5.45. The van der Waals surface area contributed by atoms with Gasteiger partial charge in [0.25, 0.3) is 5.56 Å². The van der Waals surface area contributed by atoms with E-state index in [0.29, 0.717) is 5.82 Å². The molecule has 0 bridgehead atoms. The number of nitrogens with zero attached hydrogens (tertiary/aromatic N) is 6. The van der Waals surface area contributed by atoms with Gasteiger partial charge < -0.3 is 9.88 Å². The highest BCUT2D eigenvalue weighted by atomic mass is 16.2. The van der Waals surface area contributed by atoms with Crippen molar-refractivity contribution in [3.05, 3.63) is 39.4 Å². The number of hydrogen-bond donors (Lipinski definition) is 1. The van der Waals surface area contributed by atoms with Crippen LogP contribution < -0.4 is 16.6 Å². The second kappa shape index (κ2) is 6.28. The van der Waals surface area contributed by atoms with Crippen molar-refractivity contribution in [3.63, 3.8) is 0 Å². The lowest BCUT2D eigenvalue weighted by atomic mass is 10.3.